The molecule has 0 aliphatic rings. The van der Waals surface area contributed by atoms with Crippen molar-refractivity contribution < 1.29 is 13.2 Å². The maximum atomic E-state index is 12.1. The van der Waals surface area contributed by atoms with Crippen LogP contribution in [-0.4, -0.2) is 20.9 Å². The summed E-state index contributed by atoms with van der Waals surface area (Å²) in [6.45, 7) is 2.74. The first-order chi connectivity index (χ1) is 7.48. The highest BCUT2D eigenvalue weighted by Crippen LogP contribution is 2.21. The Morgan fingerprint density at radius 2 is 1.88 bits per heavy atom. The lowest BCUT2D eigenvalue weighted by Gasteiger charge is -2.09. The highest BCUT2D eigenvalue weighted by atomic mass is 19.4. The molecule has 4 nitrogen and oxygen atoms in total. The van der Waals surface area contributed by atoms with Crippen LogP contribution in [0.3, 0.4) is 0 Å². The fraction of sp³-hybridized carbons (Fsp3) is 0.778. The van der Waals surface area contributed by atoms with E-state index in [4.69, 9.17) is 5.73 Å². The number of hydrogen-bond acceptors (Lipinski definition) is 3. The molecule has 0 fully saturated rings. The average molecular weight is 236 g/mol. The molecule has 2 N–H and O–H groups in total. The Labute approximate surface area is 91.6 Å². The van der Waals surface area contributed by atoms with Crippen LogP contribution in [0.25, 0.3) is 0 Å². The van der Waals surface area contributed by atoms with E-state index in [2.05, 4.69) is 10.2 Å². The molecule has 1 aromatic heterocycles. The summed E-state index contributed by atoms with van der Waals surface area (Å²) in [4.78, 5) is 0. The Bertz CT molecular complexity index is 332. The van der Waals surface area contributed by atoms with Gasteiger partial charge in [-0.3, -0.25) is 0 Å². The van der Waals surface area contributed by atoms with Gasteiger partial charge >= 0.3 is 6.18 Å². The molecule has 1 aromatic rings. The number of rotatable bonds is 5. The summed E-state index contributed by atoms with van der Waals surface area (Å²) in [5.74, 6) is 0.902. The zero-order chi connectivity index (χ0) is 12.2. The fourth-order valence-electron chi connectivity index (χ4n) is 1.44. The van der Waals surface area contributed by atoms with Crippen LogP contribution < -0.4 is 5.73 Å². The van der Waals surface area contributed by atoms with E-state index >= 15 is 0 Å². The molecule has 0 radical (unpaired) electrons. The first kappa shape index (κ1) is 13.0. The van der Waals surface area contributed by atoms with Gasteiger partial charge in [0.15, 0.2) is 0 Å². The molecule has 0 aliphatic carbocycles. The zero-order valence-corrected chi connectivity index (χ0v) is 9.09. The number of halogens is 3. The van der Waals surface area contributed by atoms with Gasteiger partial charge in [-0.25, -0.2) is 0 Å². The summed E-state index contributed by atoms with van der Waals surface area (Å²) in [7, 11) is 0. The first-order valence-corrected chi connectivity index (χ1v) is 5.15. The van der Waals surface area contributed by atoms with Gasteiger partial charge < -0.3 is 10.3 Å². The van der Waals surface area contributed by atoms with Crippen LogP contribution in [0.5, 0.6) is 0 Å². The highest BCUT2D eigenvalue weighted by molar-refractivity contribution is 4.96. The molecule has 1 heterocycles. The van der Waals surface area contributed by atoms with Gasteiger partial charge in [-0.15, -0.1) is 10.2 Å². The number of alkyl halides is 3. The van der Waals surface area contributed by atoms with E-state index in [9.17, 15) is 13.2 Å². The molecule has 0 aliphatic heterocycles. The molecule has 0 saturated carbocycles. The smallest absolute Gasteiger partial charge is 0.324 e. The van der Waals surface area contributed by atoms with Crippen molar-refractivity contribution in [2.75, 3.05) is 0 Å². The monoisotopic (exact) mass is 236 g/mol. The van der Waals surface area contributed by atoms with Crippen LogP contribution in [-0.2, 0) is 19.5 Å². The molecular weight excluding hydrogens is 221 g/mol. The van der Waals surface area contributed by atoms with Crippen molar-refractivity contribution in [3.63, 3.8) is 0 Å². The van der Waals surface area contributed by atoms with Crippen LogP contribution in [0.4, 0.5) is 13.2 Å². The summed E-state index contributed by atoms with van der Waals surface area (Å²) < 4.78 is 37.9. The Hall–Kier alpha value is -1.11. The normalized spacial score (nSPS) is 12.1. The van der Waals surface area contributed by atoms with Crippen LogP contribution in [0.1, 0.15) is 31.4 Å². The summed E-state index contributed by atoms with van der Waals surface area (Å²) in [5.41, 5.74) is 5.43. The van der Waals surface area contributed by atoms with Gasteiger partial charge in [-0.1, -0.05) is 6.92 Å². The predicted molar refractivity (Wildman–Crippen MR) is 52.6 cm³/mol. The molecule has 0 spiro atoms. The van der Waals surface area contributed by atoms with Crippen molar-refractivity contribution in [3.05, 3.63) is 11.6 Å². The summed E-state index contributed by atoms with van der Waals surface area (Å²) in [5, 5.41) is 7.52. The Kier molecular flexibility index (Phi) is 4.28. The molecule has 0 unspecified atom stereocenters. The van der Waals surface area contributed by atoms with E-state index in [1.54, 1.807) is 4.57 Å². The molecule has 0 bridgehead atoms. The quantitative estimate of drug-likeness (QED) is 0.845. The number of hydrogen-bond donors (Lipinski definition) is 1. The lowest BCUT2D eigenvalue weighted by molar-refractivity contribution is -0.134. The number of nitrogens with zero attached hydrogens (tertiary/aromatic N) is 3. The van der Waals surface area contributed by atoms with Gasteiger partial charge in [0.25, 0.3) is 0 Å². The van der Waals surface area contributed by atoms with Gasteiger partial charge in [0.05, 0.1) is 13.0 Å². The summed E-state index contributed by atoms with van der Waals surface area (Å²) in [6.07, 6.45) is -4.37. The van der Waals surface area contributed by atoms with E-state index in [-0.39, 0.29) is 13.0 Å². The van der Waals surface area contributed by atoms with Gasteiger partial charge in [0, 0.05) is 13.0 Å². The van der Waals surface area contributed by atoms with Crippen LogP contribution >= 0.6 is 0 Å². The van der Waals surface area contributed by atoms with Crippen molar-refractivity contribution >= 4 is 0 Å². The van der Waals surface area contributed by atoms with E-state index in [1.165, 1.54) is 0 Å². The SMILES string of the molecule is CCCn1c(CN)nnc1CCC(F)(F)F. The van der Waals surface area contributed by atoms with Crippen molar-refractivity contribution in [1.29, 1.82) is 0 Å². The van der Waals surface area contributed by atoms with Crippen molar-refractivity contribution in [3.8, 4) is 0 Å². The first-order valence-electron chi connectivity index (χ1n) is 5.15. The minimum atomic E-state index is -4.16. The lowest BCUT2D eigenvalue weighted by atomic mass is 10.3. The summed E-state index contributed by atoms with van der Waals surface area (Å²) in [6, 6.07) is 0. The van der Waals surface area contributed by atoms with Gasteiger partial charge in [-0.2, -0.15) is 13.2 Å². The van der Waals surface area contributed by atoms with Gasteiger partial charge in [0.1, 0.15) is 11.6 Å². The Morgan fingerprint density at radius 1 is 1.25 bits per heavy atom. The van der Waals surface area contributed by atoms with E-state index in [0.29, 0.717) is 18.2 Å². The maximum absolute atomic E-state index is 12.1. The second-order valence-electron chi connectivity index (χ2n) is 3.50. The van der Waals surface area contributed by atoms with Gasteiger partial charge in [0.2, 0.25) is 0 Å². The number of aryl methyl sites for hydroxylation is 1. The molecule has 92 valence electrons. The molecule has 0 saturated heterocycles. The van der Waals surface area contributed by atoms with Crippen molar-refractivity contribution in [2.45, 2.75) is 45.5 Å². The zero-order valence-electron chi connectivity index (χ0n) is 9.09. The number of aromatic nitrogens is 3. The van der Waals surface area contributed by atoms with E-state index in [1.807, 2.05) is 6.92 Å². The Morgan fingerprint density at radius 3 is 2.38 bits per heavy atom. The third kappa shape index (κ3) is 3.48. The lowest BCUT2D eigenvalue weighted by Crippen LogP contribution is -2.14. The highest BCUT2D eigenvalue weighted by Gasteiger charge is 2.27. The van der Waals surface area contributed by atoms with E-state index < -0.39 is 12.6 Å². The predicted octanol–water partition coefficient (Wildman–Crippen LogP) is 1.64. The average Bonchev–Trinajstić information content (AvgIpc) is 2.57. The third-order valence-corrected chi connectivity index (χ3v) is 2.17. The fourth-order valence-corrected chi connectivity index (χ4v) is 1.44. The third-order valence-electron chi connectivity index (χ3n) is 2.17. The Balaban J connectivity index is 2.75. The minimum absolute atomic E-state index is 0.142. The van der Waals surface area contributed by atoms with E-state index in [0.717, 1.165) is 6.42 Å². The molecule has 16 heavy (non-hydrogen) atoms. The standard InChI is InChI=1S/C9H15F3N4/c1-2-5-16-7(3-4-9(10,11)12)14-15-8(16)6-13/h2-6,13H2,1H3. The second kappa shape index (κ2) is 5.29. The minimum Gasteiger partial charge on any atom is -0.324 e. The molecule has 1 rings (SSSR count). The molecule has 0 aromatic carbocycles. The molecular formula is C9H15F3N4. The van der Waals surface area contributed by atoms with Crippen molar-refractivity contribution in [2.24, 2.45) is 5.73 Å². The maximum Gasteiger partial charge on any atom is 0.389 e. The van der Waals surface area contributed by atoms with Crippen molar-refractivity contribution in [1.82, 2.24) is 14.8 Å². The largest absolute Gasteiger partial charge is 0.389 e. The molecule has 0 amide bonds. The van der Waals surface area contributed by atoms with Crippen LogP contribution in [0.15, 0.2) is 0 Å². The summed E-state index contributed by atoms with van der Waals surface area (Å²) >= 11 is 0. The number of nitrogens with two attached hydrogens (primary N) is 1. The molecule has 7 heteroatoms. The van der Waals surface area contributed by atoms with Crippen LogP contribution in [0.2, 0.25) is 0 Å². The topological polar surface area (TPSA) is 56.7 Å². The molecule has 0 atom stereocenters. The van der Waals surface area contributed by atoms with Crippen LogP contribution in [0, 0.1) is 0 Å². The second-order valence-corrected chi connectivity index (χ2v) is 3.50. The van der Waals surface area contributed by atoms with Gasteiger partial charge in [-0.05, 0) is 6.42 Å².